The third kappa shape index (κ3) is 6.85. The van der Waals surface area contributed by atoms with Gasteiger partial charge in [0.15, 0.2) is 0 Å². The number of nitrogens with two attached hydrogens (primary N) is 1. The molecule has 0 unspecified atom stereocenters. The lowest BCUT2D eigenvalue weighted by molar-refractivity contribution is -0.00000708. The molecule has 0 aliphatic heterocycles. The van der Waals surface area contributed by atoms with Crippen LogP contribution in [-0.2, 0) is 16.4 Å². The molecule has 2 rings (SSSR count). The summed E-state index contributed by atoms with van der Waals surface area (Å²) in [4.78, 5) is 0.137. The van der Waals surface area contributed by atoms with Gasteiger partial charge >= 0.3 is 0 Å². The second-order valence-electron chi connectivity index (χ2n) is 4.78. The van der Waals surface area contributed by atoms with Crippen LogP contribution in [0.3, 0.4) is 0 Å². The van der Waals surface area contributed by atoms with Gasteiger partial charge in [0.05, 0.1) is 11.4 Å². The van der Waals surface area contributed by atoms with Crippen LogP contribution in [0.25, 0.3) is 0 Å². The number of sulfonamides is 1. The van der Waals surface area contributed by atoms with Crippen molar-refractivity contribution in [2.75, 3.05) is 13.1 Å². The Bertz CT molecular complexity index is 764. The number of nitrogens with one attached hydrogen (secondary N) is 1. The molecule has 0 spiro atoms. The fourth-order valence-corrected chi connectivity index (χ4v) is 2.41. The molecular formula is C17H18ClN2O2S-. The minimum atomic E-state index is -3.61. The molecule has 3 N–H and O–H groups in total. The zero-order valence-corrected chi connectivity index (χ0v) is 14.1. The first-order valence-electron chi connectivity index (χ1n) is 6.92. The van der Waals surface area contributed by atoms with E-state index in [-0.39, 0.29) is 17.3 Å². The Morgan fingerprint density at radius 1 is 1.00 bits per heavy atom. The lowest BCUT2D eigenvalue weighted by atomic mass is 10.1. The predicted octanol–water partition coefficient (Wildman–Crippen LogP) is -1.48. The highest BCUT2D eigenvalue weighted by Gasteiger charge is 2.06. The smallest absolute Gasteiger partial charge is 0.238 e. The minimum Gasteiger partial charge on any atom is -1.00 e. The number of primary sulfonamides is 1. The van der Waals surface area contributed by atoms with Gasteiger partial charge in [-0.25, -0.2) is 13.6 Å². The molecule has 2 aromatic rings. The fourth-order valence-electron chi connectivity index (χ4n) is 1.90. The van der Waals surface area contributed by atoms with Crippen LogP contribution in [-0.4, -0.2) is 21.5 Å². The molecule has 0 bridgehead atoms. The Morgan fingerprint density at radius 2 is 1.65 bits per heavy atom. The molecule has 6 heteroatoms. The maximum absolute atomic E-state index is 11.1. The average molecular weight is 350 g/mol. The predicted molar refractivity (Wildman–Crippen MR) is 87.7 cm³/mol. The number of halogens is 1. The van der Waals surface area contributed by atoms with E-state index in [9.17, 15) is 8.42 Å². The van der Waals surface area contributed by atoms with Crippen molar-refractivity contribution in [3.63, 3.8) is 0 Å². The SMILES string of the molecule is NS(=O)(=O)c1ccc(CCNCC#Cc2ccccc2)cc1.[Cl-]. The van der Waals surface area contributed by atoms with Crippen molar-refractivity contribution in [3.05, 3.63) is 65.7 Å². The zero-order chi connectivity index (χ0) is 15.8. The van der Waals surface area contributed by atoms with Gasteiger partial charge in [-0.1, -0.05) is 42.2 Å². The Labute approximate surface area is 143 Å². The van der Waals surface area contributed by atoms with Gasteiger partial charge in [-0.15, -0.1) is 0 Å². The van der Waals surface area contributed by atoms with Gasteiger partial charge in [0.2, 0.25) is 10.0 Å². The third-order valence-corrected chi connectivity index (χ3v) is 3.99. The number of benzene rings is 2. The van der Waals surface area contributed by atoms with Crippen molar-refractivity contribution in [2.24, 2.45) is 5.14 Å². The van der Waals surface area contributed by atoms with Gasteiger partial charge in [-0.05, 0) is 36.2 Å². The summed E-state index contributed by atoms with van der Waals surface area (Å²) in [5.74, 6) is 6.13. The van der Waals surface area contributed by atoms with Gasteiger partial charge in [-0.2, -0.15) is 0 Å². The Hall–Kier alpha value is -1.84. The van der Waals surface area contributed by atoms with E-state index in [0.717, 1.165) is 24.1 Å². The summed E-state index contributed by atoms with van der Waals surface area (Å²) in [6.45, 7) is 1.39. The maximum atomic E-state index is 11.1. The number of rotatable bonds is 5. The molecule has 122 valence electrons. The first-order valence-corrected chi connectivity index (χ1v) is 8.47. The van der Waals surface area contributed by atoms with Crippen molar-refractivity contribution in [3.8, 4) is 11.8 Å². The van der Waals surface area contributed by atoms with E-state index in [1.165, 1.54) is 12.1 Å². The summed E-state index contributed by atoms with van der Waals surface area (Å²) in [6.07, 6.45) is 0.803. The maximum Gasteiger partial charge on any atom is 0.238 e. The van der Waals surface area contributed by atoms with Gasteiger partial charge in [0.1, 0.15) is 0 Å². The van der Waals surface area contributed by atoms with Crippen LogP contribution in [0.15, 0.2) is 59.5 Å². The number of hydrogen-bond donors (Lipinski definition) is 2. The highest BCUT2D eigenvalue weighted by atomic mass is 35.5. The van der Waals surface area contributed by atoms with Gasteiger partial charge < -0.3 is 17.7 Å². The van der Waals surface area contributed by atoms with Gasteiger partial charge in [-0.3, -0.25) is 0 Å². The Morgan fingerprint density at radius 3 is 2.26 bits per heavy atom. The molecule has 0 aliphatic carbocycles. The molecule has 0 fully saturated rings. The standard InChI is InChI=1S/C17H18N2O2S.ClH/c18-22(20,21)17-10-8-16(9-11-17)12-14-19-13-4-7-15-5-2-1-3-6-15;/h1-3,5-6,8-11,19H,12-14H2,(H2,18,20,21);1H/p-1. The molecule has 0 saturated carbocycles. The highest BCUT2D eigenvalue weighted by molar-refractivity contribution is 7.89. The van der Waals surface area contributed by atoms with Gasteiger partial charge in [0.25, 0.3) is 0 Å². The first-order chi connectivity index (χ1) is 10.6. The lowest BCUT2D eigenvalue weighted by Gasteiger charge is -2.03. The molecule has 0 amide bonds. The topological polar surface area (TPSA) is 72.2 Å². The fraction of sp³-hybridized carbons (Fsp3) is 0.176. The highest BCUT2D eigenvalue weighted by Crippen LogP contribution is 2.08. The van der Waals surface area contributed by atoms with Gasteiger partial charge in [0, 0.05) is 12.1 Å². The summed E-state index contributed by atoms with van der Waals surface area (Å²) < 4.78 is 22.3. The monoisotopic (exact) mass is 349 g/mol. The lowest BCUT2D eigenvalue weighted by Crippen LogP contribution is -3.00. The largest absolute Gasteiger partial charge is 1.00 e. The summed E-state index contributed by atoms with van der Waals surface area (Å²) in [5, 5.41) is 8.29. The minimum absolute atomic E-state index is 0. The average Bonchev–Trinajstić information content (AvgIpc) is 2.51. The molecule has 0 heterocycles. The molecule has 0 saturated heterocycles. The van der Waals surface area contributed by atoms with Crippen molar-refractivity contribution >= 4 is 10.0 Å². The summed E-state index contributed by atoms with van der Waals surface area (Å²) in [7, 11) is -3.61. The summed E-state index contributed by atoms with van der Waals surface area (Å²) >= 11 is 0. The van der Waals surface area contributed by atoms with E-state index >= 15 is 0 Å². The molecule has 2 aromatic carbocycles. The van der Waals surface area contributed by atoms with E-state index in [1.54, 1.807) is 12.1 Å². The van der Waals surface area contributed by atoms with Crippen LogP contribution < -0.4 is 22.9 Å². The molecule has 0 radical (unpaired) electrons. The van der Waals surface area contributed by atoms with Crippen molar-refractivity contribution in [2.45, 2.75) is 11.3 Å². The van der Waals surface area contributed by atoms with Crippen LogP contribution >= 0.6 is 0 Å². The molecule has 0 aliphatic rings. The van der Waals surface area contributed by atoms with E-state index in [1.807, 2.05) is 30.3 Å². The van der Waals surface area contributed by atoms with Crippen LogP contribution in [0.4, 0.5) is 0 Å². The van der Waals surface area contributed by atoms with Crippen molar-refractivity contribution in [1.82, 2.24) is 5.32 Å². The number of hydrogen-bond acceptors (Lipinski definition) is 3. The second kappa shape index (κ2) is 9.33. The van der Waals surface area contributed by atoms with E-state index in [2.05, 4.69) is 17.2 Å². The van der Waals surface area contributed by atoms with Crippen LogP contribution in [0, 0.1) is 11.8 Å². The van der Waals surface area contributed by atoms with Crippen molar-refractivity contribution in [1.29, 1.82) is 0 Å². The first kappa shape index (κ1) is 19.2. The Balaban J connectivity index is 0.00000264. The van der Waals surface area contributed by atoms with Crippen LogP contribution in [0.1, 0.15) is 11.1 Å². The molecule has 23 heavy (non-hydrogen) atoms. The van der Waals surface area contributed by atoms with E-state index in [0.29, 0.717) is 6.54 Å². The molecule has 0 aromatic heterocycles. The van der Waals surface area contributed by atoms with Crippen LogP contribution in [0.2, 0.25) is 0 Å². The summed E-state index contributed by atoms with van der Waals surface area (Å²) in [5.41, 5.74) is 2.05. The summed E-state index contributed by atoms with van der Waals surface area (Å²) in [6, 6.07) is 16.4. The van der Waals surface area contributed by atoms with E-state index < -0.39 is 10.0 Å². The van der Waals surface area contributed by atoms with E-state index in [4.69, 9.17) is 5.14 Å². The normalized spacial score (nSPS) is 10.3. The molecule has 4 nitrogen and oxygen atoms in total. The molecule has 0 atom stereocenters. The Kier molecular flexibility index (Phi) is 7.79. The quantitative estimate of drug-likeness (QED) is 0.511. The second-order valence-corrected chi connectivity index (χ2v) is 6.34. The van der Waals surface area contributed by atoms with Crippen LogP contribution in [0.5, 0.6) is 0 Å². The zero-order valence-electron chi connectivity index (χ0n) is 12.5. The molecular weight excluding hydrogens is 332 g/mol. The third-order valence-electron chi connectivity index (χ3n) is 3.06. The van der Waals surface area contributed by atoms with Crippen molar-refractivity contribution < 1.29 is 20.8 Å².